The average Bonchev–Trinajstić information content (AvgIpc) is 2.63. The van der Waals surface area contributed by atoms with Crippen LogP contribution < -0.4 is 0 Å². The minimum absolute atomic E-state index is 0.151. The van der Waals surface area contributed by atoms with Crippen LogP contribution in [0.15, 0.2) is 0 Å². The Morgan fingerprint density at radius 3 is 2.52 bits per heavy atom. The smallest absolute Gasteiger partial charge is 0.226 e. The predicted octanol–water partition coefficient (Wildman–Crippen LogP) is 2.03. The van der Waals surface area contributed by atoms with Crippen molar-refractivity contribution in [2.24, 2.45) is 11.3 Å². The molecule has 5 nitrogen and oxygen atoms in total. The van der Waals surface area contributed by atoms with Gasteiger partial charge in [0.1, 0.15) is 0 Å². The molecule has 0 aromatic heterocycles. The molecular weight excluding hydrogens is 290 g/mol. The molecule has 0 saturated carbocycles. The molecule has 5 heteroatoms. The molecule has 1 amide bonds. The molecular formula is C18H29N3O2. The zero-order valence-corrected chi connectivity index (χ0v) is 14.3. The highest BCUT2D eigenvalue weighted by Crippen LogP contribution is 2.31. The Morgan fingerprint density at radius 1 is 1.17 bits per heavy atom. The third-order valence-electron chi connectivity index (χ3n) is 5.96. The summed E-state index contributed by atoms with van der Waals surface area (Å²) in [5.74, 6) is 0.472. The van der Waals surface area contributed by atoms with Crippen LogP contribution in [0.1, 0.15) is 45.4 Å². The van der Waals surface area contributed by atoms with E-state index in [1.165, 1.54) is 0 Å². The highest BCUT2D eigenvalue weighted by molar-refractivity contribution is 5.79. The molecule has 0 aromatic carbocycles. The van der Waals surface area contributed by atoms with Crippen LogP contribution in [-0.4, -0.2) is 61.1 Å². The lowest BCUT2D eigenvalue weighted by Gasteiger charge is -2.42. The summed E-state index contributed by atoms with van der Waals surface area (Å²) in [5.41, 5.74) is -0.239. The predicted molar refractivity (Wildman–Crippen MR) is 87.7 cm³/mol. The molecule has 23 heavy (non-hydrogen) atoms. The molecule has 128 valence electrons. The van der Waals surface area contributed by atoms with E-state index in [0.717, 1.165) is 77.9 Å². The largest absolute Gasteiger partial charge is 0.381 e. The molecule has 3 heterocycles. The maximum atomic E-state index is 12.9. The highest BCUT2D eigenvalue weighted by Gasteiger charge is 2.36. The van der Waals surface area contributed by atoms with Gasteiger partial charge in [-0.2, -0.15) is 5.26 Å². The van der Waals surface area contributed by atoms with Crippen LogP contribution in [0, 0.1) is 22.7 Å². The Morgan fingerprint density at radius 2 is 1.87 bits per heavy atom. The zero-order valence-electron chi connectivity index (χ0n) is 14.3. The molecule has 3 rings (SSSR count). The van der Waals surface area contributed by atoms with Crippen molar-refractivity contribution in [2.75, 3.05) is 39.4 Å². The molecule has 3 aliphatic rings. The molecule has 3 aliphatic heterocycles. The maximum absolute atomic E-state index is 12.9. The van der Waals surface area contributed by atoms with E-state index in [-0.39, 0.29) is 11.3 Å². The van der Waals surface area contributed by atoms with Crippen LogP contribution >= 0.6 is 0 Å². The van der Waals surface area contributed by atoms with E-state index in [4.69, 9.17) is 4.74 Å². The van der Waals surface area contributed by atoms with Gasteiger partial charge in [-0.3, -0.25) is 9.69 Å². The van der Waals surface area contributed by atoms with Crippen LogP contribution in [0.2, 0.25) is 0 Å². The van der Waals surface area contributed by atoms with Crippen molar-refractivity contribution in [3.8, 4) is 6.07 Å². The molecule has 3 saturated heterocycles. The first kappa shape index (κ1) is 16.7. The number of carbonyl (C=O) groups excluding carboxylic acids is 1. The number of likely N-dealkylation sites (tertiary alicyclic amines) is 2. The number of ether oxygens (including phenoxy) is 1. The number of amides is 1. The van der Waals surface area contributed by atoms with Gasteiger partial charge in [-0.25, -0.2) is 0 Å². The fourth-order valence-electron chi connectivity index (χ4n) is 4.18. The summed E-state index contributed by atoms with van der Waals surface area (Å²) in [6.45, 7) is 7.27. The average molecular weight is 319 g/mol. The minimum atomic E-state index is -0.239. The van der Waals surface area contributed by atoms with Crippen LogP contribution in [0.5, 0.6) is 0 Å². The number of hydrogen-bond donors (Lipinski definition) is 0. The first-order valence-corrected chi connectivity index (χ1v) is 9.13. The van der Waals surface area contributed by atoms with E-state index in [2.05, 4.69) is 11.0 Å². The normalized spacial score (nSPS) is 29.9. The number of rotatable bonds is 2. The van der Waals surface area contributed by atoms with Crippen LogP contribution in [-0.2, 0) is 9.53 Å². The van der Waals surface area contributed by atoms with Gasteiger partial charge < -0.3 is 9.64 Å². The number of carbonyl (C=O) groups is 1. The molecule has 0 N–H and O–H groups in total. The Kier molecular flexibility index (Phi) is 5.23. The van der Waals surface area contributed by atoms with Gasteiger partial charge in [-0.1, -0.05) is 0 Å². The van der Waals surface area contributed by atoms with E-state index < -0.39 is 0 Å². The second-order valence-electron chi connectivity index (χ2n) is 7.68. The van der Waals surface area contributed by atoms with Crippen molar-refractivity contribution in [1.29, 1.82) is 5.26 Å². The number of piperidine rings is 2. The molecule has 0 aliphatic carbocycles. The maximum Gasteiger partial charge on any atom is 0.226 e. The quantitative estimate of drug-likeness (QED) is 0.781. The van der Waals surface area contributed by atoms with Gasteiger partial charge >= 0.3 is 0 Å². The fourth-order valence-corrected chi connectivity index (χ4v) is 4.18. The number of nitrogens with zero attached hydrogens (tertiary/aromatic N) is 3. The lowest BCUT2D eigenvalue weighted by Crippen LogP contribution is -2.51. The van der Waals surface area contributed by atoms with Crippen molar-refractivity contribution in [3.63, 3.8) is 0 Å². The summed E-state index contributed by atoms with van der Waals surface area (Å²) >= 11 is 0. The van der Waals surface area contributed by atoms with Gasteiger partial charge in [-0.15, -0.1) is 0 Å². The van der Waals surface area contributed by atoms with Gasteiger partial charge in [0.15, 0.2) is 0 Å². The summed E-state index contributed by atoms with van der Waals surface area (Å²) in [7, 11) is 0. The molecule has 0 aromatic rings. The van der Waals surface area contributed by atoms with E-state index in [1.54, 1.807) is 0 Å². The van der Waals surface area contributed by atoms with Gasteiger partial charge in [0.2, 0.25) is 5.91 Å². The van der Waals surface area contributed by atoms with Gasteiger partial charge in [0.25, 0.3) is 0 Å². The monoisotopic (exact) mass is 319 g/mol. The van der Waals surface area contributed by atoms with Gasteiger partial charge in [0, 0.05) is 38.9 Å². The van der Waals surface area contributed by atoms with Crippen molar-refractivity contribution in [1.82, 2.24) is 9.80 Å². The van der Waals surface area contributed by atoms with E-state index in [0.29, 0.717) is 11.9 Å². The second-order valence-corrected chi connectivity index (χ2v) is 7.68. The van der Waals surface area contributed by atoms with Gasteiger partial charge in [0.05, 0.1) is 17.4 Å². The summed E-state index contributed by atoms with van der Waals surface area (Å²) in [4.78, 5) is 17.4. The molecule has 1 atom stereocenters. The van der Waals surface area contributed by atoms with E-state index >= 15 is 0 Å². The molecule has 0 radical (unpaired) electrons. The first-order valence-electron chi connectivity index (χ1n) is 9.13. The lowest BCUT2D eigenvalue weighted by atomic mass is 9.81. The Bertz CT molecular complexity index is 459. The Hall–Kier alpha value is -1.12. The van der Waals surface area contributed by atoms with E-state index in [1.807, 2.05) is 11.8 Å². The number of hydrogen-bond acceptors (Lipinski definition) is 4. The van der Waals surface area contributed by atoms with Crippen LogP contribution in [0.3, 0.4) is 0 Å². The fraction of sp³-hybridized carbons (Fsp3) is 0.889. The lowest BCUT2D eigenvalue weighted by molar-refractivity contribution is -0.139. The zero-order chi connectivity index (χ0) is 16.3. The summed E-state index contributed by atoms with van der Waals surface area (Å²) < 4.78 is 5.46. The third-order valence-corrected chi connectivity index (χ3v) is 5.96. The van der Waals surface area contributed by atoms with Gasteiger partial charge in [-0.05, 0) is 52.0 Å². The molecule has 1 unspecified atom stereocenters. The summed E-state index contributed by atoms with van der Waals surface area (Å²) in [6.07, 6.45) is 5.97. The minimum Gasteiger partial charge on any atom is -0.381 e. The Balaban J connectivity index is 1.54. The van der Waals surface area contributed by atoms with Crippen LogP contribution in [0.25, 0.3) is 0 Å². The SMILES string of the molecule is CC1(C#N)CCN(C(=O)C2CCCN(C3CCOCC3)C2)CC1. The van der Waals surface area contributed by atoms with Crippen molar-refractivity contribution < 1.29 is 9.53 Å². The van der Waals surface area contributed by atoms with Crippen molar-refractivity contribution in [3.05, 3.63) is 0 Å². The standard InChI is InChI=1S/C18H29N3O2/c1-18(14-19)6-9-20(10-7-18)17(22)15-3-2-8-21(13-15)16-4-11-23-12-5-16/h15-16H,2-13H2,1H3. The third kappa shape index (κ3) is 3.87. The second kappa shape index (κ2) is 7.19. The topological polar surface area (TPSA) is 56.6 Å². The first-order chi connectivity index (χ1) is 11.1. The summed E-state index contributed by atoms with van der Waals surface area (Å²) in [5, 5.41) is 9.23. The van der Waals surface area contributed by atoms with E-state index in [9.17, 15) is 10.1 Å². The summed E-state index contributed by atoms with van der Waals surface area (Å²) in [6, 6.07) is 3.01. The number of nitriles is 1. The molecule has 0 bridgehead atoms. The highest BCUT2D eigenvalue weighted by atomic mass is 16.5. The molecule has 0 spiro atoms. The molecule has 3 fully saturated rings. The van der Waals surface area contributed by atoms with Crippen molar-refractivity contribution >= 4 is 5.91 Å². The van der Waals surface area contributed by atoms with Crippen molar-refractivity contribution in [2.45, 2.75) is 51.5 Å². The van der Waals surface area contributed by atoms with Crippen LogP contribution in [0.4, 0.5) is 0 Å². The Labute approximate surface area is 139 Å².